The highest BCUT2D eigenvalue weighted by Gasteiger charge is 1.99. The van der Waals surface area contributed by atoms with Crippen molar-refractivity contribution < 1.29 is 9.84 Å². The summed E-state index contributed by atoms with van der Waals surface area (Å²) < 4.78 is 5.57. The average molecular weight is 237 g/mol. The molecule has 3 nitrogen and oxygen atoms in total. The predicted molar refractivity (Wildman–Crippen MR) is 69.8 cm³/mol. The molecule has 1 aromatic rings. The van der Waals surface area contributed by atoms with E-state index in [2.05, 4.69) is 36.5 Å². The number of aliphatic hydroxyl groups is 1. The number of rotatable bonds is 8. The maximum Gasteiger partial charge on any atom is 0.104 e. The Morgan fingerprint density at radius 2 is 1.94 bits per heavy atom. The van der Waals surface area contributed by atoms with E-state index in [-0.39, 0.29) is 6.23 Å². The van der Waals surface area contributed by atoms with Crippen molar-refractivity contribution in [2.75, 3.05) is 13.7 Å². The van der Waals surface area contributed by atoms with Crippen molar-refractivity contribution in [3.8, 4) is 0 Å². The van der Waals surface area contributed by atoms with Crippen molar-refractivity contribution in [2.24, 2.45) is 0 Å². The molecular weight excluding hydrogens is 214 g/mol. The van der Waals surface area contributed by atoms with Crippen molar-refractivity contribution in [1.82, 2.24) is 5.32 Å². The number of benzene rings is 1. The van der Waals surface area contributed by atoms with E-state index in [0.717, 1.165) is 25.9 Å². The minimum absolute atomic E-state index is 0.382. The molecule has 0 aliphatic carbocycles. The summed E-state index contributed by atoms with van der Waals surface area (Å²) in [6.45, 7) is 3.51. The molecular formula is C14H23NO2. The minimum Gasteiger partial charge on any atom is -0.379 e. The lowest BCUT2D eigenvalue weighted by molar-refractivity contribution is 0.103. The number of nitrogens with one attached hydrogen (secondary N) is 1. The number of hydrogen-bond acceptors (Lipinski definition) is 3. The van der Waals surface area contributed by atoms with Crippen LogP contribution in [-0.4, -0.2) is 25.0 Å². The molecule has 1 unspecified atom stereocenters. The van der Waals surface area contributed by atoms with Crippen LogP contribution in [0.1, 0.15) is 30.4 Å². The van der Waals surface area contributed by atoms with Crippen LogP contribution in [0.25, 0.3) is 0 Å². The van der Waals surface area contributed by atoms with Gasteiger partial charge in [-0.3, -0.25) is 5.32 Å². The lowest BCUT2D eigenvalue weighted by atomic mass is 10.2. The first-order valence-electron chi connectivity index (χ1n) is 6.21. The zero-order chi connectivity index (χ0) is 12.5. The van der Waals surface area contributed by atoms with Gasteiger partial charge in [0.15, 0.2) is 0 Å². The van der Waals surface area contributed by atoms with Crippen molar-refractivity contribution in [3.63, 3.8) is 0 Å². The molecule has 1 atom stereocenters. The van der Waals surface area contributed by atoms with Crippen LogP contribution in [-0.2, 0) is 11.3 Å². The first-order valence-corrected chi connectivity index (χ1v) is 6.21. The van der Waals surface area contributed by atoms with Crippen LogP contribution >= 0.6 is 0 Å². The van der Waals surface area contributed by atoms with Gasteiger partial charge in [0.2, 0.25) is 0 Å². The first kappa shape index (κ1) is 14.2. The molecule has 0 saturated heterocycles. The molecule has 17 heavy (non-hydrogen) atoms. The van der Waals surface area contributed by atoms with E-state index in [0.29, 0.717) is 6.61 Å². The molecule has 0 aliphatic rings. The van der Waals surface area contributed by atoms with Crippen LogP contribution in [0.15, 0.2) is 24.3 Å². The molecule has 1 rings (SSSR count). The first-order chi connectivity index (χ1) is 8.22. The summed E-state index contributed by atoms with van der Waals surface area (Å²) in [7, 11) is 1.76. The fourth-order valence-electron chi connectivity index (χ4n) is 1.56. The molecule has 0 aromatic heterocycles. The molecule has 0 spiro atoms. The minimum atomic E-state index is -0.382. The van der Waals surface area contributed by atoms with E-state index >= 15 is 0 Å². The van der Waals surface area contributed by atoms with E-state index in [9.17, 15) is 5.11 Å². The highest BCUT2D eigenvalue weighted by molar-refractivity contribution is 5.20. The molecule has 0 fully saturated rings. The van der Waals surface area contributed by atoms with Gasteiger partial charge in [0.25, 0.3) is 0 Å². The standard InChI is InChI=1S/C14H23NO2/c1-12-6-8-13(9-7-12)11-17-10-4-3-5-14(16)15-2/h6-9,14-16H,3-5,10-11H2,1-2H3. The summed E-state index contributed by atoms with van der Waals surface area (Å²) >= 11 is 0. The smallest absolute Gasteiger partial charge is 0.104 e. The van der Waals surface area contributed by atoms with E-state index < -0.39 is 0 Å². The van der Waals surface area contributed by atoms with E-state index in [1.807, 2.05) is 0 Å². The third-order valence-electron chi connectivity index (χ3n) is 2.74. The highest BCUT2D eigenvalue weighted by Crippen LogP contribution is 2.05. The van der Waals surface area contributed by atoms with E-state index in [4.69, 9.17) is 4.74 Å². The third-order valence-corrected chi connectivity index (χ3v) is 2.74. The van der Waals surface area contributed by atoms with Gasteiger partial charge in [-0.2, -0.15) is 0 Å². The molecule has 0 heterocycles. The number of hydrogen-bond donors (Lipinski definition) is 2. The maximum atomic E-state index is 9.27. The monoisotopic (exact) mass is 237 g/mol. The van der Waals surface area contributed by atoms with Gasteiger partial charge in [-0.1, -0.05) is 29.8 Å². The fourth-order valence-corrected chi connectivity index (χ4v) is 1.56. The van der Waals surface area contributed by atoms with Gasteiger partial charge in [-0.05, 0) is 38.8 Å². The second kappa shape index (κ2) is 8.23. The summed E-state index contributed by atoms with van der Waals surface area (Å²) in [5.41, 5.74) is 2.49. The van der Waals surface area contributed by atoms with Crippen molar-refractivity contribution in [2.45, 2.75) is 39.0 Å². The normalized spacial score (nSPS) is 12.6. The Morgan fingerprint density at radius 3 is 2.59 bits per heavy atom. The molecule has 2 N–H and O–H groups in total. The van der Waals surface area contributed by atoms with Crippen molar-refractivity contribution >= 4 is 0 Å². The topological polar surface area (TPSA) is 41.5 Å². The van der Waals surface area contributed by atoms with Gasteiger partial charge >= 0.3 is 0 Å². The van der Waals surface area contributed by atoms with Crippen LogP contribution in [0, 0.1) is 6.92 Å². The van der Waals surface area contributed by atoms with Gasteiger partial charge in [0.05, 0.1) is 6.61 Å². The molecule has 0 radical (unpaired) electrons. The van der Waals surface area contributed by atoms with Gasteiger partial charge < -0.3 is 9.84 Å². The van der Waals surface area contributed by atoms with Crippen LogP contribution in [0.5, 0.6) is 0 Å². The van der Waals surface area contributed by atoms with Gasteiger partial charge in [-0.15, -0.1) is 0 Å². The maximum absolute atomic E-state index is 9.27. The van der Waals surface area contributed by atoms with E-state index in [1.165, 1.54) is 11.1 Å². The Morgan fingerprint density at radius 1 is 1.24 bits per heavy atom. The Kier molecular flexibility index (Phi) is 6.86. The van der Waals surface area contributed by atoms with Gasteiger partial charge in [0.1, 0.15) is 6.23 Å². The summed E-state index contributed by atoms with van der Waals surface area (Å²) in [5.74, 6) is 0. The largest absolute Gasteiger partial charge is 0.379 e. The number of unbranched alkanes of at least 4 members (excludes halogenated alkanes) is 1. The molecule has 3 heteroatoms. The highest BCUT2D eigenvalue weighted by atomic mass is 16.5. The number of aryl methyl sites for hydroxylation is 1. The number of aliphatic hydroxyl groups excluding tert-OH is 1. The van der Waals surface area contributed by atoms with Crippen LogP contribution < -0.4 is 5.32 Å². The zero-order valence-electron chi connectivity index (χ0n) is 10.8. The van der Waals surface area contributed by atoms with Gasteiger partial charge in [0, 0.05) is 6.61 Å². The summed E-state index contributed by atoms with van der Waals surface area (Å²) in [5, 5.41) is 12.1. The molecule has 1 aromatic carbocycles. The SMILES string of the molecule is CNC(O)CCCCOCc1ccc(C)cc1. The molecule has 0 amide bonds. The van der Waals surface area contributed by atoms with Crippen molar-refractivity contribution in [3.05, 3.63) is 35.4 Å². The Hall–Kier alpha value is -0.900. The quantitative estimate of drug-likeness (QED) is 0.538. The van der Waals surface area contributed by atoms with Crippen molar-refractivity contribution in [1.29, 1.82) is 0 Å². The Balaban J connectivity index is 2.02. The average Bonchev–Trinajstić information content (AvgIpc) is 2.35. The summed E-state index contributed by atoms with van der Waals surface area (Å²) in [6, 6.07) is 8.39. The molecule has 0 bridgehead atoms. The van der Waals surface area contributed by atoms with Crippen LogP contribution in [0.4, 0.5) is 0 Å². The second-order valence-corrected chi connectivity index (χ2v) is 4.34. The summed E-state index contributed by atoms with van der Waals surface area (Å²) in [4.78, 5) is 0. The molecule has 96 valence electrons. The fraction of sp³-hybridized carbons (Fsp3) is 0.571. The van der Waals surface area contributed by atoms with Gasteiger partial charge in [-0.25, -0.2) is 0 Å². The Bertz CT molecular complexity index is 298. The zero-order valence-corrected chi connectivity index (χ0v) is 10.8. The molecule has 0 saturated carbocycles. The van der Waals surface area contributed by atoms with Crippen LogP contribution in [0.2, 0.25) is 0 Å². The predicted octanol–water partition coefficient (Wildman–Crippen LogP) is 2.22. The number of ether oxygens (including phenoxy) is 1. The van der Waals surface area contributed by atoms with E-state index in [1.54, 1.807) is 7.05 Å². The van der Waals surface area contributed by atoms with Crippen LogP contribution in [0.3, 0.4) is 0 Å². The third kappa shape index (κ3) is 6.41. The lowest BCUT2D eigenvalue weighted by Gasteiger charge is -2.08. The molecule has 0 aliphatic heterocycles. The Labute approximate surface area is 104 Å². The lowest BCUT2D eigenvalue weighted by Crippen LogP contribution is -2.23. The second-order valence-electron chi connectivity index (χ2n) is 4.34. The summed E-state index contributed by atoms with van der Waals surface area (Å²) in [6.07, 6.45) is 2.37.